The van der Waals surface area contributed by atoms with Gasteiger partial charge in [0.05, 0.1) is 0 Å². The van der Waals surface area contributed by atoms with E-state index >= 15 is 0 Å². The number of nitrogens with one attached hydrogen (secondary N) is 1. The summed E-state index contributed by atoms with van der Waals surface area (Å²) in [6.07, 6.45) is 2.07. The zero-order valence-electron chi connectivity index (χ0n) is 17.8. The van der Waals surface area contributed by atoms with Gasteiger partial charge in [-0.15, -0.1) is 0 Å². The van der Waals surface area contributed by atoms with Gasteiger partial charge in [0.2, 0.25) is 0 Å². The Balaban J connectivity index is 1.17. The van der Waals surface area contributed by atoms with Crippen LogP contribution in [0.4, 0.5) is 4.79 Å². The molecule has 0 bridgehead atoms. The van der Waals surface area contributed by atoms with Gasteiger partial charge in [0.25, 0.3) is 0 Å². The molecule has 1 aromatic rings. The third kappa shape index (κ3) is 5.14. The van der Waals surface area contributed by atoms with Gasteiger partial charge in [-0.25, -0.2) is 4.79 Å². The molecule has 0 aliphatic carbocycles. The molecule has 29 heavy (non-hydrogen) atoms. The lowest BCUT2D eigenvalue weighted by Gasteiger charge is -2.47. The molecule has 3 aliphatic rings. The first-order valence-electron chi connectivity index (χ1n) is 10.7. The number of nitrogens with zero attached hydrogens (tertiary/aromatic N) is 2. The third-order valence-corrected chi connectivity index (χ3v) is 5.76. The highest BCUT2D eigenvalue weighted by Crippen LogP contribution is 2.31. The molecular formula is C22H33N3O4. The summed E-state index contributed by atoms with van der Waals surface area (Å²) < 4.78 is 16.7. The van der Waals surface area contributed by atoms with E-state index < -0.39 is 5.60 Å². The van der Waals surface area contributed by atoms with E-state index in [0.717, 1.165) is 57.1 Å². The van der Waals surface area contributed by atoms with Gasteiger partial charge in [-0.1, -0.05) is 6.07 Å². The number of benzene rings is 1. The number of piperidine rings is 1. The topological polar surface area (TPSA) is 63.3 Å². The van der Waals surface area contributed by atoms with E-state index in [9.17, 15) is 4.79 Å². The quantitative estimate of drug-likeness (QED) is 0.834. The van der Waals surface area contributed by atoms with Crippen LogP contribution in [-0.2, 0) is 11.3 Å². The first kappa shape index (κ1) is 20.3. The monoisotopic (exact) mass is 403 g/mol. The molecule has 3 aliphatic heterocycles. The molecule has 0 aromatic heterocycles. The van der Waals surface area contributed by atoms with E-state index in [4.69, 9.17) is 14.2 Å². The highest BCUT2D eigenvalue weighted by atomic mass is 16.6. The summed E-state index contributed by atoms with van der Waals surface area (Å²) in [7, 11) is 0. The molecule has 7 nitrogen and oxygen atoms in total. The maximum absolute atomic E-state index is 12.1. The van der Waals surface area contributed by atoms with Crippen molar-refractivity contribution < 1.29 is 19.0 Å². The predicted molar refractivity (Wildman–Crippen MR) is 110 cm³/mol. The number of carbonyl (C=O) groups is 1. The maximum Gasteiger partial charge on any atom is 0.410 e. The van der Waals surface area contributed by atoms with E-state index in [1.54, 1.807) is 0 Å². The van der Waals surface area contributed by atoms with Crippen molar-refractivity contribution in [2.75, 3.05) is 39.4 Å². The Hall–Kier alpha value is -1.99. The third-order valence-electron chi connectivity index (χ3n) is 5.76. The fraction of sp³-hybridized carbons (Fsp3) is 0.682. The van der Waals surface area contributed by atoms with E-state index in [1.165, 1.54) is 5.56 Å². The molecule has 2 fully saturated rings. The first-order valence-corrected chi connectivity index (χ1v) is 10.7. The van der Waals surface area contributed by atoms with E-state index in [0.29, 0.717) is 25.3 Å². The lowest BCUT2D eigenvalue weighted by molar-refractivity contribution is -0.0202. The van der Waals surface area contributed by atoms with Crippen molar-refractivity contribution in [1.82, 2.24) is 15.1 Å². The average molecular weight is 404 g/mol. The molecule has 1 N–H and O–H groups in total. The van der Waals surface area contributed by atoms with Crippen molar-refractivity contribution in [2.45, 2.75) is 57.8 Å². The van der Waals surface area contributed by atoms with Crippen LogP contribution in [0, 0.1) is 0 Å². The minimum absolute atomic E-state index is 0.190. The fourth-order valence-corrected chi connectivity index (χ4v) is 4.09. The van der Waals surface area contributed by atoms with Crippen LogP contribution < -0.4 is 14.8 Å². The first-order chi connectivity index (χ1) is 13.9. The minimum Gasteiger partial charge on any atom is -0.486 e. The Bertz CT molecular complexity index is 719. The van der Waals surface area contributed by atoms with Crippen molar-refractivity contribution in [3.8, 4) is 11.5 Å². The predicted octanol–water partition coefficient (Wildman–Crippen LogP) is 2.63. The summed E-state index contributed by atoms with van der Waals surface area (Å²) in [6.45, 7) is 11.5. The summed E-state index contributed by atoms with van der Waals surface area (Å²) in [4.78, 5) is 16.4. The standard InChI is InChI=1S/C22H33N3O4/c1-22(2,3)29-21(26)25-14-18(15-25)24-8-6-17(7-9-24)23-13-16-4-5-19-20(12-16)28-11-10-27-19/h4-5,12,17-18,23H,6-11,13-15H2,1-3H3. The van der Waals surface area contributed by atoms with Gasteiger partial charge >= 0.3 is 6.09 Å². The van der Waals surface area contributed by atoms with Crippen LogP contribution in [0.15, 0.2) is 18.2 Å². The van der Waals surface area contributed by atoms with Crippen LogP contribution in [0.5, 0.6) is 11.5 Å². The van der Waals surface area contributed by atoms with Crippen LogP contribution in [0.1, 0.15) is 39.2 Å². The summed E-state index contributed by atoms with van der Waals surface area (Å²) in [5, 5.41) is 3.69. The number of fused-ring (bicyclic) bond motifs is 1. The number of ether oxygens (including phenoxy) is 3. The van der Waals surface area contributed by atoms with E-state index in [1.807, 2.05) is 31.7 Å². The van der Waals surface area contributed by atoms with Gasteiger partial charge in [-0.3, -0.25) is 4.90 Å². The molecule has 1 amide bonds. The summed E-state index contributed by atoms with van der Waals surface area (Å²) in [5.74, 6) is 1.69. The van der Waals surface area contributed by atoms with Crippen molar-refractivity contribution in [2.24, 2.45) is 0 Å². The number of amides is 1. The SMILES string of the molecule is CC(C)(C)OC(=O)N1CC(N2CCC(NCc3ccc4c(c3)OCCO4)CC2)C1. The molecule has 0 radical (unpaired) electrons. The zero-order chi connectivity index (χ0) is 20.4. The van der Waals surface area contributed by atoms with Gasteiger partial charge in [-0.05, 0) is 51.3 Å². The Morgan fingerprint density at radius 2 is 1.83 bits per heavy atom. The average Bonchev–Trinajstić information content (AvgIpc) is 2.64. The second-order valence-corrected chi connectivity index (χ2v) is 9.21. The highest BCUT2D eigenvalue weighted by Gasteiger charge is 2.38. The molecule has 0 unspecified atom stereocenters. The highest BCUT2D eigenvalue weighted by molar-refractivity contribution is 5.69. The number of hydrogen-bond acceptors (Lipinski definition) is 6. The maximum atomic E-state index is 12.1. The van der Waals surface area contributed by atoms with Crippen LogP contribution in [0.2, 0.25) is 0 Å². The minimum atomic E-state index is -0.427. The lowest BCUT2D eigenvalue weighted by atomic mass is 9.99. The van der Waals surface area contributed by atoms with E-state index in [-0.39, 0.29) is 6.09 Å². The normalized spacial score (nSPS) is 21.0. The smallest absolute Gasteiger partial charge is 0.410 e. The molecule has 160 valence electrons. The second kappa shape index (κ2) is 8.40. The summed E-state index contributed by atoms with van der Waals surface area (Å²) >= 11 is 0. The van der Waals surface area contributed by atoms with Crippen molar-refractivity contribution in [3.05, 3.63) is 23.8 Å². The Morgan fingerprint density at radius 3 is 2.52 bits per heavy atom. The Morgan fingerprint density at radius 1 is 1.14 bits per heavy atom. The van der Waals surface area contributed by atoms with Crippen LogP contribution >= 0.6 is 0 Å². The second-order valence-electron chi connectivity index (χ2n) is 9.21. The molecule has 1 aromatic carbocycles. The lowest BCUT2D eigenvalue weighted by Crippen LogP contribution is -2.63. The number of likely N-dealkylation sites (tertiary alicyclic amines) is 2. The molecule has 7 heteroatoms. The van der Waals surface area contributed by atoms with Crippen LogP contribution in [0.25, 0.3) is 0 Å². The number of hydrogen-bond donors (Lipinski definition) is 1. The van der Waals surface area contributed by atoms with Crippen LogP contribution in [-0.4, -0.2) is 73.0 Å². The largest absolute Gasteiger partial charge is 0.486 e. The van der Waals surface area contributed by atoms with E-state index in [2.05, 4.69) is 22.3 Å². The molecule has 0 spiro atoms. The molecule has 2 saturated heterocycles. The van der Waals surface area contributed by atoms with Crippen molar-refractivity contribution in [3.63, 3.8) is 0 Å². The summed E-state index contributed by atoms with van der Waals surface area (Å²) in [6, 6.07) is 7.19. The molecule has 0 saturated carbocycles. The van der Waals surface area contributed by atoms with Crippen molar-refractivity contribution >= 4 is 6.09 Å². The molecule has 0 atom stereocenters. The number of carbonyl (C=O) groups excluding carboxylic acids is 1. The zero-order valence-corrected chi connectivity index (χ0v) is 17.8. The Kier molecular flexibility index (Phi) is 5.88. The molecule has 3 heterocycles. The van der Waals surface area contributed by atoms with Gasteiger partial charge in [0.15, 0.2) is 11.5 Å². The number of rotatable bonds is 4. The van der Waals surface area contributed by atoms with Gasteiger partial charge in [-0.2, -0.15) is 0 Å². The molecule has 4 rings (SSSR count). The van der Waals surface area contributed by atoms with Crippen LogP contribution in [0.3, 0.4) is 0 Å². The summed E-state index contributed by atoms with van der Waals surface area (Å²) in [5.41, 5.74) is 0.798. The van der Waals surface area contributed by atoms with Crippen molar-refractivity contribution in [1.29, 1.82) is 0 Å². The fourth-order valence-electron chi connectivity index (χ4n) is 4.09. The van der Waals surface area contributed by atoms with Gasteiger partial charge in [0, 0.05) is 44.8 Å². The van der Waals surface area contributed by atoms with Gasteiger partial charge < -0.3 is 24.4 Å². The van der Waals surface area contributed by atoms with Gasteiger partial charge in [0.1, 0.15) is 18.8 Å². The Labute approximate surface area is 173 Å². The molecular weight excluding hydrogens is 370 g/mol.